The Balaban J connectivity index is 1.80. The molecule has 0 saturated heterocycles. The molecule has 0 aliphatic rings. The average Bonchev–Trinajstić information content (AvgIpc) is 3.11. The van der Waals surface area contributed by atoms with Crippen LogP contribution in [0.3, 0.4) is 0 Å². The molecule has 1 aromatic heterocycles. The van der Waals surface area contributed by atoms with E-state index in [1.54, 1.807) is 24.3 Å². The molecule has 0 amide bonds. The first-order chi connectivity index (χ1) is 12.7. The lowest BCUT2D eigenvalue weighted by molar-refractivity contribution is -0.384. The van der Waals surface area contributed by atoms with Gasteiger partial charge in [-0.2, -0.15) is 0 Å². The van der Waals surface area contributed by atoms with Gasteiger partial charge in [-0.05, 0) is 35.9 Å². The van der Waals surface area contributed by atoms with E-state index in [0.717, 1.165) is 27.7 Å². The summed E-state index contributed by atoms with van der Waals surface area (Å²) in [6.07, 6.45) is 1.99. The van der Waals surface area contributed by atoms with E-state index in [0.29, 0.717) is 0 Å². The van der Waals surface area contributed by atoms with Crippen molar-refractivity contribution in [3.63, 3.8) is 0 Å². The number of rotatable bonds is 5. The highest BCUT2D eigenvalue weighted by molar-refractivity contribution is 5.84. The SMILES string of the molecule is O=[N+]([O-])c1ccc(C(Nc2ccccc2)c2c[nH]c3ccccc23)cc1. The Morgan fingerprint density at radius 2 is 1.58 bits per heavy atom. The van der Waals surface area contributed by atoms with Crippen LogP contribution in [-0.2, 0) is 0 Å². The predicted octanol–water partition coefficient (Wildman–Crippen LogP) is 5.28. The summed E-state index contributed by atoms with van der Waals surface area (Å²) in [4.78, 5) is 13.9. The molecule has 5 nitrogen and oxygen atoms in total. The molecule has 26 heavy (non-hydrogen) atoms. The standard InChI is InChI=1S/C21H17N3O2/c25-24(26)17-12-10-15(11-13-17)21(23-16-6-2-1-3-7-16)19-14-22-20-9-5-4-8-18(19)20/h1-14,21-23H. The highest BCUT2D eigenvalue weighted by atomic mass is 16.6. The van der Waals surface area contributed by atoms with Crippen LogP contribution < -0.4 is 5.32 Å². The number of para-hydroxylation sites is 2. The molecule has 0 radical (unpaired) electrons. The molecule has 4 aromatic rings. The van der Waals surface area contributed by atoms with Crippen LogP contribution >= 0.6 is 0 Å². The third-order valence-electron chi connectivity index (χ3n) is 4.45. The van der Waals surface area contributed by atoms with Gasteiger partial charge in [0.05, 0.1) is 11.0 Å². The molecule has 0 aliphatic heterocycles. The van der Waals surface area contributed by atoms with Gasteiger partial charge in [-0.3, -0.25) is 10.1 Å². The molecular weight excluding hydrogens is 326 g/mol. The van der Waals surface area contributed by atoms with E-state index < -0.39 is 0 Å². The van der Waals surface area contributed by atoms with E-state index in [2.05, 4.69) is 16.4 Å². The molecule has 4 rings (SSSR count). The maximum atomic E-state index is 11.0. The Labute approximate surface area is 150 Å². The number of aromatic amines is 1. The fraction of sp³-hybridized carbons (Fsp3) is 0.0476. The van der Waals surface area contributed by atoms with Crippen LogP contribution in [0.2, 0.25) is 0 Å². The maximum Gasteiger partial charge on any atom is 0.269 e. The summed E-state index contributed by atoms with van der Waals surface area (Å²) in [6, 6.07) is 24.6. The topological polar surface area (TPSA) is 71.0 Å². The molecule has 0 fully saturated rings. The highest BCUT2D eigenvalue weighted by Gasteiger charge is 2.19. The molecule has 1 unspecified atom stereocenters. The smallest absolute Gasteiger partial charge is 0.269 e. The summed E-state index contributed by atoms with van der Waals surface area (Å²) >= 11 is 0. The number of anilines is 1. The molecule has 3 aromatic carbocycles. The molecule has 0 spiro atoms. The van der Waals surface area contributed by atoms with Crippen molar-refractivity contribution in [2.45, 2.75) is 6.04 Å². The van der Waals surface area contributed by atoms with Crippen LogP contribution in [-0.4, -0.2) is 9.91 Å². The van der Waals surface area contributed by atoms with Crippen LogP contribution in [0.4, 0.5) is 11.4 Å². The van der Waals surface area contributed by atoms with Crippen molar-refractivity contribution in [1.29, 1.82) is 0 Å². The maximum absolute atomic E-state index is 11.0. The van der Waals surface area contributed by atoms with E-state index in [4.69, 9.17) is 0 Å². The molecule has 1 heterocycles. The zero-order valence-electron chi connectivity index (χ0n) is 13.9. The quantitative estimate of drug-likeness (QED) is 0.383. The minimum atomic E-state index is -0.380. The Hall–Kier alpha value is -3.60. The van der Waals surface area contributed by atoms with E-state index in [1.807, 2.05) is 54.7 Å². The van der Waals surface area contributed by atoms with Crippen LogP contribution in [0.5, 0.6) is 0 Å². The van der Waals surface area contributed by atoms with Crippen molar-refractivity contribution < 1.29 is 4.92 Å². The zero-order chi connectivity index (χ0) is 17.9. The number of aromatic nitrogens is 1. The molecule has 2 N–H and O–H groups in total. The van der Waals surface area contributed by atoms with E-state index in [-0.39, 0.29) is 16.7 Å². The second kappa shape index (κ2) is 6.72. The summed E-state index contributed by atoms with van der Waals surface area (Å²) in [7, 11) is 0. The third-order valence-corrected chi connectivity index (χ3v) is 4.45. The Morgan fingerprint density at radius 3 is 2.31 bits per heavy atom. The van der Waals surface area contributed by atoms with Gasteiger partial charge in [0.25, 0.3) is 5.69 Å². The van der Waals surface area contributed by atoms with E-state index in [9.17, 15) is 10.1 Å². The lowest BCUT2D eigenvalue weighted by atomic mass is 9.97. The normalized spacial score (nSPS) is 12.0. The van der Waals surface area contributed by atoms with Crippen molar-refractivity contribution in [3.05, 3.63) is 106 Å². The fourth-order valence-corrected chi connectivity index (χ4v) is 3.16. The molecule has 0 aliphatic carbocycles. The number of nitro groups is 1. The first-order valence-corrected chi connectivity index (χ1v) is 8.34. The Morgan fingerprint density at radius 1 is 0.885 bits per heavy atom. The van der Waals surface area contributed by atoms with Crippen LogP contribution in [0.15, 0.2) is 85.1 Å². The van der Waals surface area contributed by atoms with E-state index in [1.165, 1.54) is 0 Å². The van der Waals surface area contributed by atoms with Gasteiger partial charge in [-0.1, -0.05) is 36.4 Å². The Kier molecular flexibility index (Phi) is 4.11. The van der Waals surface area contributed by atoms with Gasteiger partial charge in [0.1, 0.15) is 0 Å². The Bertz CT molecular complexity index is 1040. The number of non-ortho nitro benzene ring substituents is 1. The molecule has 0 saturated carbocycles. The molecular formula is C21H17N3O2. The first-order valence-electron chi connectivity index (χ1n) is 8.34. The first kappa shape index (κ1) is 15.9. The number of nitrogens with zero attached hydrogens (tertiary/aromatic N) is 1. The van der Waals surface area contributed by atoms with Gasteiger partial charge >= 0.3 is 0 Å². The lowest BCUT2D eigenvalue weighted by Gasteiger charge is -2.20. The van der Waals surface area contributed by atoms with Gasteiger partial charge in [-0.15, -0.1) is 0 Å². The summed E-state index contributed by atoms with van der Waals surface area (Å²) in [5.41, 5.74) is 4.19. The second-order valence-electron chi connectivity index (χ2n) is 6.08. The number of nitrogens with one attached hydrogen (secondary N) is 2. The van der Waals surface area contributed by atoms with Crippen LogP contribution in [0.25, 0.3) is 10.9 Å². The average molecular weight is 343 g/mol. The van der Waals surface area contributed by atoms with Gasteiger partial charge in [0.2, 0.25) is 0 Å². The van der Waals surface area contributed by atoms with Crippen LogP contribution in [0, 0.1) is 10.1 Å². The van der Waals surface area contributed by atoms with Crippen molar-refractivity contribution >= 4 is 22.3 Å². The van der Waals surface area contributed by atoms with Gasteiger partial charge in [0, 0.05) is 40.5 Å². The highest BCUT2D eigenvalue weighted by Crippen LogP contribution is 2.32. The van der Waals surface area contributed by atoms with Gasteiger partial charge < -0.3 is 10.3 Å². The largest absolute Gasteiger partial charge is 0.374 e. The number of benzene rings is 3. The monoisotopic (exact) mass is 343 g/mol. The number of hydrogen-bond donors (Lipinski definition) is 2. The van der Waals surface area contributed by atoms with Gasteiger partial charge in [-0.25, -0.2) is 0 Å². The van der Waals surface area contributed by atoms with Crippen molar-refractivity contribution in [2.75, 3.05) is 5.32 Å². The summed E-state index contributed by atoms with van der Waals surface area (Å²) in [6.45, 7) is 0. The predicted molar refractivity (Wildman–Crippen MR) is 103 cm³/mol. The fourth-order valence-electron chi connectivity index (χ4n) is 3.16. The molecule has 0 bridgehead atoms. The third kappa shape index (κ3) is 3.02. The van der Waals surface area contributed by atoms with Crippen molar-refractivity contribution in [2.24, 2.45) is 0 Å². The molecule has 5 heteroatoms. The van der Waals surface area contributed by atoms with Crippen molar-refractivity contribution in [3.8, 4) is 0 Å². The number of hydrogen-bond acceptors (Lipinski definition) is 3. The zero-order valence-corrected chi connectivity index (χ0v) is 13.9. The summed E-state index contributed by atoms with van der Waals surface area (Å²) < 4.78 is 0. The lowest BCUT2D eigenvalue weighted by Crippen LogP contribution is -2.12. The molecule has 1 atom stereocenters. The van der Waals surface area contributed by atoms with Crippen molar-refractivity contribution in [1.82, 2.24) is 4.98 Å². The minimum absolute atomic E-state index is 0.0890. The molecule has 128 valence electrons. The van der Waals surface area contributed by atoms with E-state index >= 15 is 0 Å². The minimum Gasteiger partial charge on any atom is -0.374 e. The summed E-state index contributed by atoms with van der Waals surface area (Å²) in [5.74, 6) is 0. The van der Waals surface area contributed by atoms with Gasteiger partial charge in [0.15, 0.2) is 0 Å². The number of H-pyrrole nitrogens is 1. The second-order valence-corrected chi connectivity index (χ2v) is 6.08. The number of fused-ring (bicyclic) bond motifs is 1. The summed E-state index contributed by atoms with van der Waals surface area (Å²) in [5, 5.41) is 15.6. The van der Waals surface area contributed by atoms with Crippen LogP contribution in [0.1, 0.15) is 17.2 Å². The number of nitro benzene ring substituents is 1.